The molecule has 0 aliphatic carbocycles. The van der Waals surface area contributed by atoms with E-state index in [1.807, 2.05) is 5.43 Å². The smallest absolute Gasteiger partial charge is 0.275 e. The molecule has 1 amide bonds. The number of hydrogen-bond donors (Lipinski definition) is 5. The highest BCUT2D eigenvalue weighted by Gasteiger charge is 2.20. The summed E-state index contributed by atoms with van der Waals surface area (Å²) in [6.45, 7) is 0. The van der Waals surface area contributed by atoms with Crippen molar-refractivity contribution in [2.75, 3.05) is 5.75 Å². The first-order chi connectivity index (χ1) is 7.60. The van der Waals surface area contributed by atoms with Crippen LogP contribution >= 0.6 is 24.0 Å². The normalized spacial score (nSPS) is 14.5. The number of rotatable bonds is 5. The number of carbonyl (C=O) groups is 1. The SMILES string of the molecule is NNC(=O)c1ccc(C(O)C(O)CCS)s1. The monoisotopic (exact) mass is 262 g/mol. The molecule has 0 aliphatic heterocycles. The van der Waals surface area contributed by atoms with Crippen LogP contribution in [0.15, 0.2) is 12.1 Å². The number of aliphatic hydroxyl groups is 2. The quantitative estimate of drug-likeness (QED) is 0.224. The van der Waals surface area contributed by atoms with Gasteiger partial charge >= 0.3 is 0 Å². The van der Waals surface area contributed by atoms with Gasteiger partial charge in [-0.1, -0.05) is 0 Å². The Bertz CT molecular complexity index is 356. The van der Waals surface area contributed by atoms with Crippen LogP contribution in [-0.2, 0) is 0 Å². The molecular weight excluding hydrogens is 248 g/mol. The molecule has 5 N–H and O–H groups in total. The van der Waals surface area contributed by atoms with E-state index in [-0.39, 0.29) is 0 Å². The molecule has 0 spiro atoms. The number of hydrogen-bond acceptors (Lipinski definition) is 6. The largest absolute Gasteiger partial charge is 0.390 e. The van der Waals surface area contributed by atoms with Gasteiger partial charge in [-0.25, -0.2) is 5.84 Å². The minimum absolute atomic E-state index is 0.389. The molecule has 0 bridgehead atoms. The number of nitrogen functional groups attached to an aromatic ring is 1. The number of thiophene rings is 1. The van der Waals surface area contributed by atoms with Crippen LogP contribution in [0.5, 0.6) is 0 Å². The van der Waals surface area contributed by atoms with Gasteiger partial charge in [0, 0.05) is 4.88 Å². The fourth-order valence-electron chi connectivity index (χ4n) is 1.18. The average molecular weight is 262 g/mol. The van der Waals surface area contributed by atoms with Crippen LogP contribution < -0.4 is 11.3 Å². The zero-order valence-corrected chi connectivity index (χ0v) is 10.2. The molecular formula is C9H14N2O3S2. The van der Waals surface area contributed by atoms with Gasteiger partial charge in [0.05, 0.1) is 11.0 Å². The van der Waals surface area contributed by atoms with Crippen LogP contribution in [0.1, 0.15) is 27.1 Å². The molecule has 1 aromatic heterocycles. The maximum absolute atomic E-state index is 11.2. The fraction of sp³-hybridized carbons (Fsp3) is 0.444. The van der Waals surface area contributed by atoms with Gasteiger partial charge in [0.1, 0.15) is 6.10 Å². The van der Waals surface area contributed by atoms with E-state index in [0.717, 1.165) is 11.3 Å². The van der Waals surface area contributed by atoms with Gasteiger partial charge in [0.15, 0.2) is 0 Å². The van der Waals surface area contributed by atoms with Gasteiger partial charge in [0.25, 0.3) is 5.91 Å². The Morgan fingerprint density at radius 1 is 1.56 bits per heavy atom. The first-order valence-corrected chi connectivity index (χ1v) is 6.12. The molecule has 5 nitrogen and oxygen atoms in total. The molecule has 0 radical (unpaired) electrons. The molecule has 90 valence electrons. The third kappa shape index (κ3) is 3.19. The van der Waals surface area contributed by atoms with Crippen LogP contribution in [0.2, 0.25) is 0 Å². The van der Waals surface area contributed by atoms with Crippen molar-refractivity contribution in [3.8, 4) is 0 Å². The number of carbonyl (C=O) groups excluding carboxylic acids is 1. The lowest BCUT2D eigenvalue weighted by Crippen LogP contribution is -2.29. The molecule has 1 rings (SSSR count). The van der Waals surface area contributed by atoms with E-state index in [4.69, 9.17) is 5.84 Å². The molecule has 0 fully saturated rings. The van der Waals surface area contributed by atoms with E-state index in [1.165, 1.54) is 0 Å². The number of amides is 1. The number of thiol groups is 1. The van der Waals surface area contributed by atoms with Gasteiger partial charge in [0.2, 0.25) is 0 Å². The minimum Gasteiger partial charge on any atom is -0.390 e. The number of hydrazine groups is 1. The van der Waals surface area contributed by atoms with Crippen molar-refractivity contribution < 1.29 is 15.0 Å². The summed E-state index contributed by atoms with van der Waals surface area (Å²) in [5.74, 6) is 5.06. The number of aliphatic hydroxyl groups excluding tert-OH is 2. The second-order valence-corrected chi connectivity index (χ2v) is 4.76. The third-order valence-electron chi connectivity index (χ3n) is 2.06. The summed E-state index contributed by atoms with van der Waals surface area (Å²) in [4.78, 5) is 12.1. The second-order valence-electron chi connectivity index (χ2n) is 3.20. The lowest BCUT2D eigenvalue weighted by atomic mass is 10.1. The molecule has 1 heterocycles. The van der Waals surface area contributed by atoms with E-state index in [1.54, 1.807) is 12.1 Å². The lowest BCUT2D eigenvalue weighted by Gasteiger charge is -2.15. The maximum Gasteiger partial charge on any atom is 0.275 e. The Kier molecular flexibility index (Phi) is 5.23. The van der Waals surface area contributed by atoms with Crippen LogP contribution in [0.4, 0.5) is 0 Å². The summed E-state index contributed by atoms with van der Waals surface area (Å²) in [7, 11) is 0. The summed E-state index contributed by atoms with van der Waals surface area (Å²) in [5.41, 5.74) is 2.00. The van der Waals surface area contributed by atoms with Crippen LogP contribution in [-0.4, -0.2) is 28.0 Å². The highest BCUT2D eigenvalue weighted by Crippen LogP contribution is 2.26. The summed E-state index contributed by atoms with van der Waals surface area (Å²) >= 11 is 5.07. The molecule has 16 heavy (non-hydrogen) atoms. The second kappa shape index (κ2) is 6.21. The average Bonchev–Trinajstić information content (AvgIpc) is 2.76. The van der Waals surface area contributed by atoms with Gasteiger partial charge in [-0.2, -0.15) is 12.6 Å². The summed E-state index contributed by atoms with van der Waals surface area (Å²) < 4.78 is 0. The van der Waals surface area contributed by atoms with Crippen molar-refractivity contribution in [2.45, 2.75) is 18.6 Å². The summed E-state index contributed by atoms with van der Waals surface area (Å²) in [5, 5.41) is 19.3. The molecule has 7 heteroatoms. The van der Waals surface area contributed by atoms with Crippen LogP contribution in [0, 0.1) is 0 Å². The zero-order valence-electron chi connectivity index (χ0n) is 8.46. The maximum atomic E-state index is 11.2. The van der Waals surface area contributed by atoms with Crippen molar-refractivity contribution in [1.82, 2.24) is 5.43 Å². The van der Waals surface area contributed by atoms with E-state index in [0.29, 0.717) is 21.9 Å². The molecule has 2 unspecified atom stereocenters. The Labute approximate surface area is 103 Å². The lowest BCUT2D eigenvalue weighted by molar-refractivity contribution is 0.0194. The predicted octanol–water partition coefficient (Wildman–Crippen LogP) is 0.0658. The van der Waals surface area contributed by atoms with E-state index < -0.39 is 18.1 Å². The Morgan fingerprint density at radius 3 is 2.81 bits per heavy atom. The molecule has 2 atom stereocenters. The fourth-order valence-corrected chi connectivity index (χ4v) is 2.40. The third-order valence-corrected chi connectivity index (χ3v) is 3.48. The predicted molar refractivity (Wildman–Crippen MR) is 65.4 cm³/mol. The van der Waals surface area contributed by atoms with Crippen LogP contribution in [0.3, 0.4) is 0 Å². The summed E-state index contributed by atoms with van der Waals surface area (Å²) in [6, 6.07) is 3.15. The minimum atomic E-state index is -0.989. The first-order valence-electron chi connectivity index (χ1n) is 4.67. The Hall–Kier alpha value is -0.600. The number of nitrogens with two attached hydrogens (primary N) is 1. The molecule has 0 aromatic carbocycles. The molecule has 1 aromatic rings. The highest BCUT2D eigenvalue weighted by molar-refractivity contribution is 7.80. The van der Waals surface area contributed by atoms with Crippen molar-refractivity contribution in [3.05, 3.63) is 21.9 Å². The van der Waals surface area contributed by atoms with Gasteiger partial charge in [-0.05, 0) is 24.3 Å². The Morgan fingerprint density at radius 2 is 2.25 bits per heavy atom. The topological polar surface area (TPSA) is 95.6 Å². The summed E-state index contributed by atoms with van der Waals surface area (Å²) in [6.07, 6.45) is -1.47. The van der Waals surface area contributed by atoms with Gasteiger partial charge in [-0.3, -0.25) is 10.2 Å². The van der Waals surface area contributed by atoms with Crippen molar-refractivity contribution in [3.63, 3.8) is 0 Å². The molecule has 0 saturated heterocycles. The van der Waals surface area contributed by atoms with Crippen molar-refractivity contribution in [2.24, 2.45) is 5.84 Å². The van der Waals surface area contributed by atoms with Crippen molar-refractivity contribution in [1.29, 1.82) is 0 Å². The standard InChI is InChI=1S/C9H14N2O3S2/c10-11-9(14)7-2-1-6(16-7)8(13)5(12)3-4-15/h1-2,5,8,12-13,15H,3-4,10H2,(H,11,14). The number of nitrogens with one attached hydrogen (secondary N) is 1. The van der Waals surface area contributed by atoms with Gasteiger partial charge < -0.3 is 10.2 Å². The molecule has 0 saturated carbocycles. The van der Waals surface area contributed by atoms with Crippen molar-refractivity contribution >= 4 is 29.9 Å². The zero-order chi connectivity index (χ0) is 12.1. The van der Waals surface area contributed by atoms with E-state index >= 15 is 0 Å². The van der Waals surface area contributed by atoms with Crippen LogP contribution in [0.25, 0.3) is 0 Å². The van der Waals surface area contributed by atoms with E-state index in [2.05, 4.69) is 12.6 Å². The molecule has 0 aliphatic rings. The van der Waals surface area contributed by atoms with E-state index in [9.17, 15) is 15.0 Å². The first kappa shape index (κ1) is 13.5. The van der Waals surface area contributed by atoms with Gasteiger partial charge in [-0.15, -0.1) is 11.3 Å². The Balaban J connectivity index is 2.73. The highest BCUT2D eigenvalue weighted by atomic mass is 32.1.